The molecule has 0 spiro atoms. The molecular weight excluding hydrogens is 366 g/mol. The van der Waals surface area contributed by atoms with Crippen molar-refractivity contribution in [1.29, 1.82) is 0 Å². The number of hydrogen-bond acceptors (Lipinski definition) is 5. The summed E-state index contributed by atoms with van der Waals surface area (Å²) in [6, 6.07) is 13.2. The molecule has 0 fully saturated rings. The van der Waals surface area contributed by atoms with Crippen LogP contribution < -0.4 is 10.2 Å². The number of benzene rings is 2. The normalized spacial score (nSPS) is 10.5. The van der Waals surface area contributed by atoms with Gasteiger partial charge in [-0.25, -0.2) is 5.43 Å². The number of carbonyl (C=O) groups is 1. The number of nitro benzene ring substituents is 1. The van der Waals surface area contributed by atoms with Crippen LogP contribution >= 0.6 is 15.9 Å². The Morgan fingerprint density at radius 2 is 1.96 bits per heavy atom. The predicted molar refractivity (Wildman–Crippen MR) is 88.5 cm³/mol. The van der Waals surface area contributed by atoms with Crippen molar-refractivity contribution >= 4 is 33.7 Å². The Balaban J connectivity index is 1.86. The number of nitro groups is 1. The van der Waals surface area contributed by atoms with E-state index >= 15 is 0 Å². The number of ether oxygens (including phenoxy) is 1. The Kier molecular flexibility index (Phi) is 5.81. The van der Waals surface area contributed by atoms with Gasteiger partial charge in [0.05, 0.1) is 11.1 Å². The molecule has 23 heavy (non-hydrogen) atoms. The lowest BCUT2D eigenvalue weighted by molar-refractivity contribution is -0.385. The summed E-state index contributed by atoms with van der Waals surface area (Å²) in [6.45, 7) is -0.372. The molecule has 0 atom stereocenters. The number of nitrogens with zero attached hydrogens (tertiary/aromatic N) is 2. The molecule has 0 aromatic heterocycles. The highest BCUT2D eigenvalue weighted by molar-refractivity contribution is 9.10. The summed E-state index contributed by atoms with van der Waals surface area (Å²) < 4.78 is 6.09. The van der Waals surface area contributed by atoms with Gasteiger partial charge in [0.2, 0.25) is 0 Å². The Bertz CT molecular complexity index is 732. The standard InChI is InChI=1S/C15H12BrN3O4/c16-12-7-5-11(6-8-12)9-17-18-15(20)10-23-14-4-2-1-3-13(14)19(21)22/h1-9H,10H2,(H,18,20)/b17-9-. The van der Waals surface area contributed by atoms with E-state index in [0.717, 1.165) is 10.0 Å². The number of nitrogens with one attached hydrogen (secondary N) is 1. The van der Waals surface area contributed by atoms with Crippen molar-refractivity contribution in [3.63, 3.8) is 0 Å². The van der Waals surface area contributed by atoms with Gasteiger partial charge in [0.15, 0.2) is 12.4 Å². The first-order chi connectivity index (χ1) is 11.1. The van der Waals surface area contributed by atoms with Crippen molar-refractivity contribution in [2.45, 2.75) is 0 Å². The summed E-state index contributed by atoms with van der Waals surface area (Å²) in [5.74, 6) is -0.485. The summed E-state index contributed by atoms with van der Waals surface area (Å²) in [4.78, 5) is 21.9. The van der Waals surface area contributed by atoms with Crippen molar-refractivity contribution < 1.29 is 14.5 Å². The third-order valence-electron chi connectivity index (χ3n) is 2.69. The maximum absolute atomic E-state index is 11.6. The molecule has 2 rings (SSSR count). The van der Waals surface area contributed by atoms with Gasteiger partial charge < -0.3 is 4.74 Å². The average Bonchev–Trinajstić information content (AvgIpc) is 2.55. The zero-order valence-corrected chi connectivity index (χ0v) is 13.4. The van der Waals surface area contributed by atoms with Crippen LogP contribution in [0.3, 0.4) is 0 Å². The number of rotatable bonds is 6. The minimum absolute atomic E-state index is 0.0320. The summed E-state index contributed by atoms with van der Waals surface area (Å²) in [6.07, 6.45) is 1.48. The quantitative estimate of drug-likeness (QED) is 0.475. The first-order valence-electron chi connectivity index (χ1n) is 6.50. The van der Waals surface area contributed by atoms with Crippen LogP contribution in [-0.2, 0) is 4.79 Å². The van der Waals surface area contributed by atoms with Crippen molar-refractivity contribution in [2.75, 3.05) is 6.61 Å². The molecule has 8 heteroatoms. The van der Waals surface area contributed by atoms with Gasteiger partial charge in [0.25, 0.3) is 5.91 Å². The molecule has 1 N–H and O–H groups in total. The molecule has 0 bridgehead atoms. The molecule has 0 radical (unpaired) electrons. The molecule has 0 aliphatic carbocycles. The minimum atomic E-state index is -0.571. The summed E-state index contributed by atoms with van der Waals surface area (Å²) >= 11 is 3.32. The second-order valence-corrected chi connectivity index (χ2v) is 5.27. The highest BCUT2D eigenvalue weighted by Crippen LogP contribution is 2.25. The second kappa shape index (κ2) is 8.04. The zero-order valence-electron chi connectivity index (χ0n) is 11.8. The maximum Gasteiger partial charge on any atom is 0.310 e. The van der Waals surface area contributed by atoms with Crippen LogP contribution in [0.15, 0.2) is 58.1 Å². The van der Waals surface area contributed by atoms with E-state index in [1.54, 1.807) is 6.07 Å². The number of hydrogen-bond donors (Lipinski definition) is 1. The lowest BCUT2D eigenvalue weighted by Crippen LogP contribution is -2.24. The molecule has 0 heterocycles. The molecule has 2 aromatic rings. The van der Waals surface area contributed by atoms with Crippen LogP contribution in [0.25, 0.3) is 0 Å². The van der Waals surface area contributed by atoms with Crippen LogP contribution in [0.5, 0.6) is 5.75 Å². The molecule has 0 unspecified atom stereocenters. The molecule has 118 valence electrons. The summed E-state index contributed by atoms with van der Waals surface area (Å²) in [5.41, 5.74) is 2.91. The van der Waals surface area contributed by atoms with E-state index in [1.807, 2.05) is 24.3 Å². The lowest BCUT2D eigenvalue weighted by Gasteiger charge is -2.05. The van der Waals surface area contributed by atoms with Crippen LogP contribution in [0.1, 0.15) is 5.56 Å². The monoisotopic (exact) mass is 377 g/mol. The minimum Gasteiger partial charge on any atom is -0.477 e. The predicted octanol–water partition coefficient (Wildman–Crippen LogP) is 2.89. The fraction of sp³-hybridized carbons (Fsp3) is 0.0667. The Morgan fingerprint density at radius 3 is 2.65 bits per heavy atom. The largest absolute Gasteiger partial charge is 0.477 e. The lowest BCUT2D eigenvalue weighted by atomic mass is 10.2. The van der Waals surface area contributed by atoms with Crippen LogP contribution in [0, 0.1) is 10.1 Å². The SMILES string of the molecule is O=C(COc1ccccc1[N+](=O)[O-])N/N=C\c1ccc(Br)cc1. The number of carbonyl (C=O) groups excluding carboxylic acids is 1. The van der Waals surface area contributed by atoms with Gasteiger partial charge in [-0.3, -0.25) is 14.9 Å². The highest BCUT2D eigenvalue weighted by Gasteiger charge is 2.14. The van der Waals surface area contributed by atoms with Crippen LogP contribution in [0.4, 0.5) is 5.69 Å². The smallest absolute Gasteiger partial charge is 0.310 e. The third kappa shape index (κ3) is 5.19. The van der Waals surface area contributed by atoms with Gasteiger partial charge in [-0.2, -0.15) is 5.10 Å². The fourth-order valence-corrected chi connectivity index (χ4v) is 1.90. The van der Waals surface area contributed by atoms with Gasteiger partial charge in [0, 0.05) is 10.5 Å². The third-order valence-corrected chi connectivity index (χ3v) is 3.22. The van der Waals surface area contributed by atoms with Gasteiger partial charge in [-0.15, -0.1) is 0 Å². The number of amides is 1. The maximum atomic E-state index is 11.6. The van der Waals surface area contributed by atoms with E-state index < -0.39 is 10.8 Å². The van der Waals surface area contributed by atoms with Crippen molar-refractivity contribution in [3.05, 3.63) is 68.7 Å². The van der Waals surface area contributed by atoms with Gasteiger partial charge in [0.1, 0.15) is 0 Å². The van der Waals surface area contributed by atoms with Gasteiger partial charge >= 0.3 is 5.69 Å². The molecule has 1 amide bonds. The topological polar surface area (TPSA) is 93.8 Å². The van der Waals surface area contributed by atoms with E-state index in [1.165, 1.54) is 24.4 Å². The van der Waals surface area contributed by atoms with Gasteiger partial charge in [-0.1, -0.05) is 40.2 Å². The summed E-state index contributed by atoms with van der Waals surface area (Å²) in [7, 11) is 0. The molecule has 0 saturated heterocycles. The molecular formula is C15H12BrN3O4. The zero-order chi connectivity index (χ0) is 16.7. The van der Waals surface area contributed by atoms with Crippen LogP contribution in [-0.4, -0.2) is 23.7 Å². The number of halogens is 1. The van der Waals surface area contributed by atoms with Crippen molar-refractivity contribution in [1.82, 2.24) is 5.43 Å². The van der Waals surface area contributed by atoms with Crippen molar-refractivity contribution in [2.24, 2.45) is 5.10 Å². The van der Waals surface area contributed by atoms with E-state index in [9.17, 15) is 14.9 Å². The average molecular weight is 378 g/mol. The number of para-hydroxylation sites is 2. The highest BCUT2D eigenvalue weighted by atomic mass is 79.9. The van der Waals surface area contributed by atoms with E-state index in [2.05, 4.69) is 26.5 Å². The van der Waals surface area contributed by atoms with Crippen LogP contribution in [0.2, 0.25) is 0 Å². The Labute approximate surface area is 140 Å². The number of hydrazone groups is 1. The second-order valence-electron chi connectivity index (χ2n) is 4.36. The first kappa shape index (κ1) is 16.6. The Hall–Kier alpha value is -2.74. The van der Waals surface area contributed by atoms with E-state index in [4.69, 9.17) is 4.74 Å². The Morgan fingerprint density at radius 1 is 1.26 bits per heavy atom. The fourth-order valence-electron chi connectivity index (χ4n) is 1.63. The molecule has 0 aliphatic rings. The summed E-state index contributed by atoms with van der Waals surface area (Å²) in [5, 5.41) is 14.6. The first-order valence-corrected chi connectivity index (χ1v) is 7.29. The molecule has 0 aliphatic heterocycles. The van der Waals surface area contributed by atoms with E-state index in [0.29, 0.717) is 0 Å². The molecule has 2 aromatic carbocycles. The van der Waals surface area contributed by atoms with Crippen molar-refractivity contribution in [3.8, 4) is 5.75 Å². The molecule has 0 saturated carbocycles. The van der Waals surface area contributed by atoms with Gasteiger partial charge in [-0.05, 0) is 23.8 Å². The van der Waals surface area contributed by atoms with E-state index in [-0.39, 0.29) is 18.0 Å². The molecule has 7 nitrogen and oxygen atoms in total.